The number of carbonyl (C=O) groups is 1. The molecule has 0 saturated heterocycles. The summed E-state index contributed by atoms with van der Waals surface area (Å²) in [4.78, 5) is 11.0. The van der Waals surface area contributed by atoms with E-state index in [1.165, 1.54) is 6.07 Å². The van der Waals surface area contributed by atoms with Crippen LogP contribution < -0.4 is 16.0 Å². The number of ether oxygens (including phenoxy) is 1. The Morgan fingerprint density at radius 3 is 2.56 bits per heavy atom. The number of hydrogen-bond acceptors (Lipinski definition) is 3. The summed E-state index contributed by atoms with van der Waals surface area (Å²) in [7, 11) is 0. The van der Waals surface area contributed by atoms with Crippen molar-refractivity contribution < 1.29 is 9.53 Å². The lowest BCUT2D eigenvalue weighted by molar-refractivity contribution is -0.121. The lowest BCUT2D eigenvalue weighted by Gasteiger charge is -2.16. The van der Waals surface area contributed by atoms with Gasteiger partial charge in [-0.3, -0.25) is 10.2 Å². The van der Waals surface area contributed by atoms with Crippen LogP contribution in [-0.2, 0) is 4.79 Å². The molecule has 0 aliphatic rings. The number of amides is 1. The molecule has 0 radical (unpaired) electrons. The van der Waals surface area contributed by atoms with Gasteiger partial charge in [-0.25, -0.2) is 5.84 Å². The van der Waals surface area contributed by atoms with Crippen molar-refractivity contribution in [2.24, 2.45) is 5.84 Å². The van der Waals surface area contributed by atoms with E-state index in [1.807, 2.05) is 6.92 Å². The average molecular weight is 312 g/mol. The smallest absolute Gasteiger partial charge is 0.234 e. The summed E-state index contributed by atoms with van der Waals surface area (Å²) in [5, 5.41) is 1.10. The molecule has 3 N–H and O–H groups in total. The molecule has 1 amide bonds. The Hall–Kier alpha value is -0.680. The third-order valence-corrected chi connectivity index (χ3v) is 3.26. The second-order valence-corrected chi connectivity index (χ2v) is 4.95. The number of nitrogens with one attached hydrogen (secondary N) is 1. The summed E-state index contributed by atoms with van der Waals surface area (Å²) in [5.74, 6) is 5.17. The zero-order valence-electron chi connectivity index (χ0n) is 9.67. The van der Waals surface area contributed by atoms with Gasteiger partial charge in [-0.15, -0.1) is 0 Å². The fourth-order valence-electron chi connectivity index (χ4n) is 1.28. The van der Waals surface area contributed by atoms with Crippen LogP contribution in [0.25, 0.3) is 0 Å². The Kier molecular flexibility index (Phi) is 6.02. The molecule has 18 heavy (non-hydrogen) atoms. The molecule has 1 atom stereocenters. The Bertz CT molecular complexity index is 441. The van der Waals surface area contributed by atoms with Gasteiger partial charge in [0.1, 0.15) is 5.75 Å². The zero-order valence-corrected chi connectivity index (χ0v) is 11.9. The van der Waals surface area contributed by atoms with Crippen LogP contribution in [0.1, 0.15) is 19.8 Å². The third kappa shape index (κ3) is 4.53. The molecule has 1 unspecified atom stereocenters. The number of rotatable bonds is 5. The standard InChI is InChI=1S/C11H13Cl3N2O2/c1-6(2-3-11(17)16-15)18-10-5-8(13)7(12)4-9(10)14/h4-6H,2-3,15H2,1H3,(H,16,17). The minimum absolute atomic E-state index is 0.197. The Balaban J connectivity index is 2.61. The van der Waals surface area contributed by atoms with Crippen LogP contribution in [0.3, 0.4) is 0 Å². The van der Waals surface area contributed by atoms with E-state index in [0.29, 0.717) is 27.2 Å². The second kappa shape index (κ2) is 7.04. The maximum absolute atomic E-state index is 11.0. The van der Waals surface area contributed by atoms with Gasteiger partial charge in [0.25, 0.3) is 0 Å². The molecule has 0 saturated carbocycles. The summed E-state index contributed by atoms with van der Waals surface area (Å²) in [6, 6.07) is 3.06. The molecule has 0 spiro atoms. The van der Waals surface area contributed by atoms with Gasteiger partial charge in [-0.05, 0) is 19.4 Å². The number of benzene rings is 1. The lowest BCUT2D eigenvalue weighted by Crippen LogP contribution is -2.30. The summed E-state index contributed by atoms with van der Waals surface area (Å²) in [6.45, 7) is 1.82. The maximum atomic E-state index is 11.0. The molecule has 4 nitrogen and oxygen atoms in total. The maximum Gasteiger partial charge on any atom is 0.234 e. The first-order chi connectivity index (χ1) is 8.43. The van der Waals surface area contributed by atoms with Crippen LogP contribution in [0.2, 0.25) is 15.1 Å². The predicted octanol–water partition coefficient (Wildman–Crippen LogP) is 3.18. The van der Waals surface area contributed by atoms with E-state index in [9.17, 15) is 4.79 Å². The molecule has 0 fully saturated rings. The molecular weight excluding hydrogens is 298 g/mol. The number of hydrogen-bond donors (Lipinski definition) is 2. The normalized spacial score (nSPS) is 12.1. The van der Waals surface area contributed by atoms with Gasteiger partial charge < -0.3 is 4.74 Å². The summed E-state index contributed by atoms with van der Waals surface area (Å²) >= 11 is 17.6. The van der Waals surface area contributed by atoms with E-state index in [2.05, 4.69) is 5.43 Å². The highest BCUT2D eigenvalue weighted by atomic mass is 35.5. The first-order valence-corrected chi connectivity index (χ1v) is 6.38. The predicted molar refractivity (Wildman–Crippen MR) is 73.1 cm³/mol. The molecule has 0 heterocycles. The van der Waals surface area contributed by atoms with Crippen LogP contribution in [0.5, 0.6) is 5.75 Å². The molecule has 7 heteroatoms. The van der Waals surface area contributed by atoms with Gasteiger partial charge in [0.15, 0.2) is 0 Å². The first-order valence-electron chi connectivity index (χ1n) is 5.24. The van der Waals surface area contributed by atoms with E-state index in [4.69, 9.17) is 45.4 Å². The lowest BCUT2D eigenvalue weighted by atomic mass is 10.2. The highest BCUT2D eigenvalue weighted by molar-refractivity contribution is 6.43. The highest BCUT2D eigenvalue weighted by Gasteiger charge is 2.12. The first kappa shape index (κ1) is 15.4. The average Bonchev–Trinajstić information content (AvgIpc) is 2.33. The minimum atomic E-state index is -0.245. The molecule has 1 aromatic rings. The van der Waals surface area contributed by atoms with E-state index in [0.717, 1.165) is 0 Å². The molecule has 100 valence electrons. The van der Waals surface area contributed by atoms with E-state index in [-0.39, 0.29) is 18.4 Å². The van der Waals surface area contributed by atoms with Crippen LogP contribution in [0.15, 0.2) is 12.1 Å². The minimum Gasteiger partial charge on any atom is -0.489 e. The Labute approximate surface area is 120 Å². The van der Waals surface area contributed by atoms with Crippen molar-refractivity contribution in [3.05, 3.63) is 27.2 Å². The number of nitrogens with two attached hydrogens (primary N) is 1. The summed E-state index contributed by atoms with van der Waals surface area (Å²) in [6.07, 6.45) is 0.591. The molecule has 0 aliphatic heterocycles. The van der Waals surface area contributed by atoms with Crippen LogP contribution >= 0.6 is 34.8 Å². The summed E-state index contributed by atoms with van der Waals surface area (Å²) in [5.41, 5.74) is 2.05. The van der Waals surface area contributed by atoms with Crippen molar-refractivity contribution in [2.75, 3.05) is 0 Å². The number of carbonyl (C=O) groups excluding carboxylic acids is 1. The number of halogens is 3. The molecular formula is C11H13Cl3N2O2. The molecule has 1 aromatic carbocycles. The van der Waals surface area contributed by atoms with Crippen molar-refractivity contribution in [2.45, 2.75) is 25.9 Å². The molecule has 0 aliphatic carbocycles. The quantitative estimate of drug-likeness (QED) is 0.380. The SMILES string of the molecule is CC(CCC(=O)NN)Oc1cc(Cl)c(Cl)cc1Cl. The van der Waals surface area contributed by atoms with Crippen molar-refractivity contribution in [3.8, 4) is 5.75 Å². The Morgan fingerprint density at radius 1 is 1.33 bits per heavy atom. The van der Waals surface area contributed by atoms with Crippen LogP contribution in [0.4, 0.5) is 0 Å². The Morgan fingerprint density at radius 2 is 1.94 bits per heavy atom. The van der Waals surface area contributed by atoms with Crippen molar-refractivity contribution in [1.82, 2.24) is 5.43 Å². The van der Waals surface area contributed by atoms with Gasteiger partial charge in [0.2, 0.25) is 5.91 Å². The number of hydrazine groups is 1. The van der Waals surface area contributed by atoms with Crippen molar-refractivity contribution in [1.29, 1.82) is 0 Å². The van der Waals surface area contributed by atoms with Gasteiger partial charge >= 0.3 is 0 Å². The monoisotopic (exact) mass is 310 g/mol. The van der Waals surface area contributed by atoms with Crippen LogP contribution in [-0.4, -0.2) is 12.0 Å². The van der Waals surface area contributed by atoms with Gasteiger partial charge in [0.05, 0.1) is 21.2 Å². The molecule has 0 bridgehead atoms. The van der Waals surface area contributed by atoms with Gasteiger partial charge in [0, 0.05) is 12.5 Å². The zero-order chi connectivity index (χ0) is 13.7. The van der Waals surface area contributed by atoms with Gasteiger partial charge in [-0.2, -0.15) is 0 Å². The van der Waals surface area contributed by atoms with E-state index < -0.39 is 0 Å². The fourth-order valence-corrected chi connectivity index (χ4v) is 1.86. The molecule has 0 aromatic heterocycles. The van der Waals surface area contributed by atoms with E-state index in [1.54, 1.807) is 6.07 Å². The van der Waals surface area contributed by atoms with Crippen LogP contribution in [0, 0.1) is 0 Å². The highest BCUT2D eigenvalue weighted by Crippen LogP contribution is 2.34. The summed E-state index contributed by atoms with van der Waals surface area (Å²) < 4.78 is 5.58. The van der Waals surface area contributed by atoms with Crippen molar-refractivity contribution in [3.63, 3.8) is 0 Å². The van der Waals surface area contributed by atoms with E-state index >= 15 is 0 Å². The fraction of sp³-hybridized carbons (Fsp3) is 0.364. The third-order valence-electron chi connectivity index (χ3n) is 2.24. The second-order valence-electron chi connectivity index (χ2n) is 3.73. The van der Waals surface area contributed by atoms with Crippen molar-refractivity contribution >= 4 is 40.7 Å². The molecule has 1 rings (SSSR count). The van der Waals surface area contributed by atoms with Gasteiger partial charge in [-0.1, -0.05) is 34.8 Å². The topological polar surface area (TPSA) is 64.4 Å². The largest absolute Gasteiger partial charge is 0.489 e.